The standard InChI is InChI=1S/C27H38Cl2O12S4.Na.H/c1-25(2,3)14-39-43(33,34)20-11-17(28)10-19(42(30,31)32)23(20)24-21(44(35,36)40-15-26(4,5)6)12-18(29)13-22(24)45(37,38)41-16-27(7,8)9;;/h10-13H,14-16H2,1-9H3,(H,30,31,32);;. The van der Waals surface area contributed by atoms with Crippen molar-refractivity contribution in [2.75, 3.05) is 19.8 Å². The zero-order chi connectivity index (χ0) is 35.2. The fourth-order valence-corrected chi connectivity index (χ4v) is 9.03. The first-order valence-electron chi connectivity index (χ1n) is 13.2. The van der Waals surface area contributed by atoms with Crippen LogP contribution in [-0.4, -0.2) is 87.6 Å². The van der Waals surface area contributed by atoms with Gasteiger partial charge in [-0.2, -0.15) is 33.7 Å². The summed E-state index contributed by atoms with van der Waals surface area (Å²) in [4.78, 5) is -4.36. The molecule has 0 atom stereocenters. The van der Waals surface area contributed by atoms with Crippen molar-refractivity contribution < 1.29 is 50.8 Å². The molecule has 0 spiro atoms. The minimum absolute atomic E-state index is 0. The predicted octanol–water partition coefficient (Wildman–Crippen LogP) is 5.51. The van der Waals surface area contributed by atoms with Crippen molar-refractivity contribution in [1.29, 1.82) is 0 Å². The van der Waals surface area contributed by atoms with Gasteiger partial charge in [-0.05, 0) is 40.5 Å². The van der Waals surface area contributed by atoms with E-state index in [1.165, 1.54) is 0 Å². The Labute approximate surface area is 304 Å². The Bertz CT molecular complexity index is 1820. The van der Waals surface area contributed by atoms with Crippen LogP contribution in [0.4, 0.5) is 0 Å². The van der Waals surface area contributed by atoms with Gasteiger partial charge in [0.25, 0.3) is 40.5 Å². The first kappa shape index (κ1) is 43.7. The van der Waals surface area contributed by atoms with Gasteiger partial charge in [0.05, 0.1) is 19.8 Å². The van der Waals surface area contributed by atoms with Crippen LogP contribution in [0.2, 0.25) is 10.0 Å². The molecule has 0 saturated carbocycles. The molecule has 19 heteroatoms. The van der Waals surface area contributed by atoms with Crippen LogP contribution in [-0.2, 0) is 53.0 Å². The average Bonchev–Trinajstić information content (AvgIpc) is 2.83. The van der Waals surface area contributed by atoms with Gasteiger partial charge in [-0.15, -0.1) is 0 Å². The third-order valence-electron chi connectivity index (χ3n) is 5.34. The second-order valence-electron chi connectivity index (χ2n) is 13.9. The Balaban J connectivity index is 0.0000106. The molecular formula is C27H39Cl2NaO12S4. The quantitative estimate of drug-likeness (QED) is 0.172. The fraction of sp³-hybridized carbons (Fsp3) is 0.556. The molecule has 0 aliphatic heterocycles. The summed E-state index contributed by atoms with van der Waals surface area (Å²) in [6.45, 7) is 13.5. The molecule has 0 aliphatic carbocycles. The van der Waals surface area contributed by atoms with E-state index in [1.54, 1.807) is 62.3 Å². The van der Waals surface area contributed by atoms with Crippen LogP contribution in [0.15, 0.2) is 43.8 Å². The van der Waals surface area contributed by atoms with Crippen molar-refractivity contribution in [3.05, 3.63) is 34.3 Å². The number of hydrogen-bond donors (Lipinski definition) is 1. The zero-order valence-electron chi connectivity index (χ0n) is 26.3. The molecule has 0 heterocycles. The van der Waals surface area contributed by atoms with Gasteiger partial charge in [-0.3, -0.25) is 17.1 Å². The van der Waals surface area contributed by atoms with Crippen LogP contribution >= 0.6 is 23.2 Å². The van der Waals surface area contributed by atoms with Gasteiger partial charge in [-0.1, -0.05) is 85.5 Å². The normalized spacial score (nSPS) is 13.8. The van der Waals surface area contributed by atoms with Crippen molar-refractivity contribution in [3.63, 3.8) is 0 Å². The summed E-state index contributed by atoms with van der Waals surface area (Å²) in [7, 11) is -20.6. The van der Waals surface area contributed by atoms with Gasteiger partial charge >= 0.3 is 29.6 Å². The molecule has 46 heavy (non-hydrogen) atoms. The van der Waals surface area contributed by atoms with E-state index in [4.69, 9.17) is 35.8 Å². The predicted molar refractivity (Wildman–Crippen MR) is 177 cm³/mol. The Kier molecular flexibility index (Phi) is 14.1. The Morgan fingerprint density at radius 3 is 0.957 bits per heavy atom. The molecule has 0 saturated heterocycles. The SMILES string of the molecule is CC(C)(C)COS(=O)(=O)c1cc(Cl)cc(S(=O)(=O)O)c1-c1c(S(=O)(=O)OCC(C)(C)C)cc(Cl)cc1S(=O)(=O)OCC(C)(C)C.[NaH]. The molecule has 2 rings (SSSR count). The fourth-order valence-electron chi connectivity index (χ4n) is 3.36. The van der Waals surface area contributed by atoms with E-state index in [1.807, 2.05) is 0 Å². The Morgan fingerprint density at radius 2 is 0.739 bits per heavy atom. The van der Waals surface area contributed by atoms with Crippen LogP contribution < -0.4 is 0 Å². The monoisotopic (exact) mass is 776 g/mol. The minimum atomic E-state index is -5.44. The van der Waals surface area contributed by atoms with E-state index in [9.17, 15) is 38.2 Å². The number of rotatable bonds is 11. The summed E-state index contributed by atoms with van der Waals surface area (Å²) in [5, 5.41) is -0.995. The third kappa shape index (κ3) is 12.2. The number of hydrogen-bond acceptors (Lipinski definition) is 11. The van der Waals surface area contributed by atoms with Gasteiger partial charge in [0.2, 0.25) is 0 Å². The zero-order valence-corrected chi connectivity index (χ0v) is 31.0. The summed E-state index contributed by atoms with van der Waals surface area (Å²) >= 11 is 12.3. The second kappa shape index (κ2) is 14.9. The van der Waals surface area contributed by atoms with E-state index < -0.39 is 117 Å². The van der Waals surface area contributed by atoms with Gasteiger partial charge < -0.3 is 0 Å². The molecule has 0 amide bonds. The first-order valence-corrected chi connectivity index (χ1v) is 19.6. The molecule has 0 bridgehead atoms. The Morgan fingerprint density at radius 1 is 0.522 bits per heavy atom. The molecule has 1 N–H and O–H groups in total. The summed E-state index contributed by atoms with van der Waals surface area (Å²) in [6.07, 6.45) is 0. The van der Waals surface area contributed by atoms with E-state index in [0.717, 1.165) is 18.2 Å². The maximum absolute atomic E-state index is 13.7. The second-order valence-corrected chi connectivity index (χ2v) is 20.9. The molecule has 2 aromatic rings. The van der Waals surface area contributed by atoms with Crippen molar-refractivity contribution in [1.82, 2.24) is 0 Å². The third-order valence-corrected chi connectivity index (χ3v) is 10.5. The number of benzene rings is 2. The summed E-state index contributed by atoms with van der Waals surface area (Å²) in [6, 6.07) is 2.87. The van der Waals surface area contributed by atoms with Gasteiger partial charge in [0, 0.05) is 21.2 Å². The number of halogens is 2. The maximum atomic E-state index is 13.7. The first-order chi connectivity index (χ1) is 19.9. The van der Waals surface area contributed by atoms with Crippen LogP contribution in [0.5, 0.6) is 0 Å². The average molecular weight is 778 g/mol. The van der Waals surface area contributed by atoms with E-state index in [-0.39, 0.29) is 29.6 Å². The van der Waals surface area contributed by atoms with E-state index >= 15 is 0 Å². The van der Waals surface area contributed by atoms with E-state index in [2.05, 4.69) is 0 Å². The molecule has 0 radical (unpaired) electrons. The molecular weight excluding hydrogens is 738 g/mol. The summed E-state index contributed by atoms with van der Waals surface area (Å²) < 4.78 is 134. The molecule has 0 unspecified atom stereocenters. The van der Waals surface area contributed by atoms with Crippen LogP contribution in [0.1, 0.15) is 62.3 Å². The van der Waals surface area contributed by atoms with Crippen molar-refractivity contribution in [3.8, 4) is 11.1 Å². The van der Waals surface area contributed by atoms with Crippen LogP contribution in [0, 0.1) is 16.2 Å². The molecule has 0 fully saturated rings. The molecule has 2 aromatic carbocycles. The van der Waals surface area contributed by atoms with Crippen molar-refractivity contribution in [2.45, 2.75) is 81.9 Å². The van der Waals surface area contributed by atoms with Crippen LogP contribution in [0.25, 0.3) is 11.1 Å². The van der Waals surface area contributed by atoms with Gasteiger partial charge in [-0.25, -0.2) is 0 Å². The van der Waals surface area contributed by atoms with Gasteiger partial charge in [0.15, 0.2) is 0 Å². The van der Waals surface area contributed by atoms with Crippen molar-refractivity contribution >= 4 is 93.2 Å². The van der Waals surface area contributed by atoms with Gasteiger partial charge in [0.1, 0.15) is 19.6 Å². The topological polar surface area (TPSA) is 184 Å². The van der Waals surface area contributed by atoms with Crippen LogP contribution in [0.3, 0.4) is 0 Å². The molecule has 0 aromatic heterocycles. The van der Waals surface area contributed by atoms with E-state index in [0.29, 0.717) is 6.07 Å². The molecule has 258 valence electrons. The Hall–Kier alpha value is -0.340. The molecule has 0 aliphatic rings. The summed E-state index contributed by atoms with van der Waals surface area (Å²) in [5.74, 6) is 0. The summed E-state index contributed by atoms with van der Waals surface area (Å²) in [5.41, 5.74) is -4.34. The van der Waals surface area contributed by atoms with Crippen molar-refractivity contribution in [2.24, 2.45) is 16.2 Å². The molecule has 12 nitrogen and oxygen atoms in total.